The van der Waals surface area contributed by atoms with E-state index in [0.717, 1.165) is 17.9 Å². The van der Waals surface area contributed by atoms with Crippen molar-refractivity contribution in [2.45, 2.75) is 26.4 Å². The van der Waals surface area contributed by atoms with Crippen LogP contribution in [0.15, 0.2) is 41.3 Å². The predicted octanol–water partition coefficient (Wildman–Crippen LogP) is 1.65. The number of nitrogens with zero attached hydrogens (tertiary/aromatic N) is 4. The van der Waals surface area contributed by atoms with Gasteiger partial charge in [0.15, 0.2) is 0 Å². The predicted molar refractivity (Wildman–Crippen MR) is 79.5 cm³/mol. The molecule has 20 heavy (non-hydrogen) atoms. The summed E-state index contributed by atoms with van der Waals surface area (Å²) in [6, 6.07) is 9.37. The Bertz CT molecular complexity index is 607. The van der Waals surface area contributed by atoms with Crippen LogP contribution in [0.2, 0.25) is 0 Å². The van der Waals surface area contributed by atoms with Gasteiger partial charge in [0.25, 0.3) is 5.56 Å². The molecular weight excluding hydrogens is 252 g/mol. The van der Waals surface area contributed by atoms with Gasteiger partial charge >= 0.3 is 0 Å². The van der Waals surface area contributed by atoms with Gasteiger partial charge in [0.2, 0.25) is 0 Å². The Hall–Kier alpha value is -2.01. The van der Waals surface area contributed by atoms with Gasteiger partial charge in [0.1, 0.15) is 5.69 Å². The molecule has 0 aliphatic heterocycles. The number of pyridine rings is 1. The average molecular weight is 272 g/mol. The molecule has 2 aromatic rings. The summed E-state index contributed by atoms with van der Waals surface area (Å²) in [4.78, 5) is 18.3. The lowest BCUT2D eigenvalue weighted by Gasteiger charge is -2.20. The van der Waals surface area contributed by atoms with Gasteiger partial charge < -0.3 is 4.90 Å². The smallest absolute Gasteiger partial charge is 0.266 e. The van der Waals surface area contributed by atoms with Crippen LogP contribution in [-0.4, -0.2) is 39.3 Å². The molecule has 0 atom stereocenters. The summed E-state index contributed by atoms with van der Waals surface area (Å²) >= 11 is 0. The minimum atomic E-state index is -0.0816. The Balaban J connectivity index is 2.20. The van der Waals surface area contributed by atoms with Crippen LogP contribution in [0.1, 0.15) is 13.8 Å². The van der Waals surface area contributed by atoms with Gasteiger partial charge in [-0.1, -0.05) is 6.07 Å². The lowest BCUT2D eigenvalue weighted by Crippen LogP contribution is -2.33. The number of hydrogen-bond donors (Lipinski definition) is 0. The number of rotatable bonds is 5. The second-order valence-electron chi connectivity index (χ2n) is 5.07. The number of likely N-dealkylation sites (N-methyl/N-ethyl adjacent to an activating group) is 1. The highest BCUT2D eigenvalue weighted by Crippen LogP contribution is 2.10. The molecule has 0 N–H and O–H groups in total. The Morgan fingerprint density at radius 1 is 1.20 bits per heavy atom. The fourth-order valence-corrected chi connectivity index (χ4v) is 1.77. The summed E-state index contributed by atoms with van der Waals surface area (Å²) in [5, 5.41) is 4.39. The summed E-state index contributed by atoms with van der Waals surface area (Å²) in [5.74, 6) is 0. The van der Waals surface area contributed by atoms with Crippen molar-refractivity contribution in [1.82, 2.24) is 19.7 Å². The van der Waals surface area contributed by atoms with Gasteiger partial charge in [-0.3, -0.25) is 9.78 Å². The second kappa shape index (κ2) is 6.43. The zero-order valence-electron chi connectivity index (χ0n) is 12.2. The van der Waals surface area contributed by atoms with Crippen molar-refractivity contribution in [2.75, 3.05) is 13.6 Å². The molecule has 0 bridgehead atoms. The normalized spacial score (nSPS) is 11.2. The second-order valence-corrected chi connectivity index (χ2v) is 5.07. The van der Waals surface area contributed by atoms with Crippen LogP contribution in [0.4, 0.5) is 0 Å². The van der Waals surface area contributed by atoms with Gasteiger partial charge in [-0.25, -0.2) is 4.68 Å². The van der Waals surface area contributed by atoms with Crippen molar-refractivity contribution in [1.29, 1.82) is 0 Å². The van der Waals surface area contributed by atoms with Gasteiger partial charge in [0.05, 0.1) is 12.2 Å². The monoisotopic (exact) mass is 272 g/mol. The minimum absolute atomic E-state index is 0.0816. The highest BCUT2D eigenvalue weighted by molar-refractivity contribution is 5.52. The van der Waals surface area contributed by atoms with Crippen LogP contribution in [0.3, 0.4) is 0 Å². The van der Waals surface area contributed by atoms with Crippen LogP contribution in [0, 0.1) is 0 Å². The molecular formula is C15H20N4O. The molecule has 0 fully saturated rings. The first-order valence-corrected chi connectivity index (χ1v) is 6.78. The molecule has 5 nitrogen and oxygen atoms in total. The van der Waals surface area contributed by atoms with Crippen molar-refractivity contribution < 1.29 is 0 Å². The van der Waals surface area contributed by atoms with Gasteiger partial charge in [-0.05, 0) is 39.1 Å². The van der Waals surface area contributed by atoms with Gasteiger partial charge in [-0.15, -0.1) is 0 Å². The molecule has 5 heteroatoms. The Morgan fingerprint density at radius 3 is 2.65 bits per heavy atom. The molecule has 0 saturated heterocycles. The van der Waals surface area contributed by atoms with Crippen LogP contribution in [0.5, 0.6) is 0 Å². The topological polar surface area (TPSA) is 51.0 Å². The van der Waals surface area contributed by atoms with E-state index in [1.165, 1.54) is 4.68 Å². The third kappa shape index (κ3) is 3.51. The van der Waals surface area contributed by atoms with E-state index in [1.54, 1.807) is 18.3 Å². The summed E-state index contributed by atoms with van der Waals surface area (Å²) in [6.45, 7) is 5.62. The van der Waals surface area contributed by atoms with E-state index in [-0.39, 0.29) is 5.56 Å². The van der Waals surface area contributed by atoms with Crippen LogP contribution in [-0.2, 0) is 6.54 Å². The van der Waals surface area contributed by atoms with Crippen molar-refractivity contribution in [3.63, 3.8) is 0 Å². The molecule has 2 heterocycles. The lowest BCUT2D eigenvalue weighted by molar-refractivity contribution is 0.257. The highest BCUT2D eigenvalue weighted by atomic mass is 16.1. The van der Waals surface area contributed by atoms with Crippen LogP contribution >= 0.6 is 0 Å². The first kappa shape index (κ1) is 14.4. The molecule has 0 aliphatic carbocycles. The molecule has 0 radical (unpaired) electrons. The van der Waals surface area contributed by atoms with Crippen LogP contribution < -0.4 is 5.56 Å². The van der Waals surface area contributed by atoms with Crippen molar-refractivity contribution in [3.05, 3.63) is 46.9 Å². The molecule has 2 rings (SSSR count). The van der Waals surface area contributed by atoms with Crippen molar-refractivity contribution in [2.24, 2.45) is 0 Å². The minimum Gasteiger partial charge on any atom is -0.302 e. The van der Waals surface area contributed by atoms with E-state index in [1.807, 2.05) is 25.2 Å². The fourth-order valence-electron chi connectivity index (χ4n) is 1.77. The molecule has 0 unspecified atom stereocenters. The number of aromatic nitrogens is 3. The highest BCUT2D eigenvalue weighted by Gasteiger charge is 2.07. The maximum absolute atomic E-state index is 11.8. The number of hydrogen-bond acceptors (Lipinski definition) is 4. The molecule has 106 valence electrons. The van der Waals surface area contributed by atoms with E-state index >= 15 is 0 Å². The molecule has 0 spiro atoms. The van der Waals surface area contributed by atoms with E-state index < -0.39 is 0 Å². The van der Waals surface area contributed by atoms with Gasteiger partial charge in [-0.2, -0.15) is 5.10 Å². The van der Waals surface area contributed by atoms with E-state index in [2.05, 4.69) is 28.8 Å². The Labute approximate surface area is 118 Å². The fraction of sp³-hybridized carbons (Fsp3) is 0.400. The molecule has 0 aromatic carbocycles. The van der Waals surface area contributed by atoms with E-state index in [0.29, 0.717) is 12.6 Å². The SMILES string of the molecule is CC(C)N(C)CCn1nc(-c2ccccn2)ccc1=O. The Morgan fingerprint density at radius 2 is 2.00 bits per heavy atom. The first-order valence-electron chi connectivity index (χ1n) is 6.78. The quantitative estimate of drug-likeness (QED) is 0.830. The summed E-state index contributed by atoms with van der Waals surface area (Å²) in [6.07, 6.45) is 1.72. The lowest BCUT2D eigenvalue weighted by atomic mass is 10.2. The molecule has 0 amide bonds. The zero-order chi connectivity index (χ0) is 14.5. The van der Waals surface area contributed by atoms with E-state index in [4.69, 9.17) is 0 Å². The zero-order valence-corrected chi connectivity index (χ0v) is 12.2. The third-order valence-electron chi connectivity index (χ3n) is 3.34. The molecule has 2 aromatic heterocycles. The standard InChI is InChI=1S/C15H20N4O/c1-12(2)18(3)10-11-19-15(20)8-7-14(17-19)13-6-4-5-9-16-13/h4-9,12H,10-11H2,1-3H3. The van der Waals surface area contributed by atoms with Crippen LogP contribution in [0.25, 0.3) is 11.4 Å². The van der Waals surface area contributed by atoms with Crippen molar-refractivity contribution >= 4 is 0 Å². The summed E-state index contributed by atoms with van der Waals surface area (Å²) < 4.78 is 1.50. The maximum atomic E-state index is 11.8. The maximum Gasteiger partial charge on any atom is 0.266 e. The summed E-state index contributed by atoms with van der Waals surface area (Å²) in [5.41, 5.74) is 1.41. The summed E-state index contributed by atoms with van der Waals surface area (Å²) in [7, 11) is 2.04. The average Bonchev–Trinajstić information content (AvgIpc) is 2.47. The first-order chi connectivity index (χ1) is 9.58. The van der Waals surface area contributed by atoms with E-state index in [9.17, 15) is 4.79 Å². The van der Waals surface area contributed by atoms with Gasteiger partial charge in [0, 0.05) is 24.8 Å². The Kier molecular flexibility index (Phi) is 4.63. The molecule has 0 saturated carbocycles. The molecule has 0 aliphatic rings. The van der Waals surface area contributed by atoms with Crippen molar-refractivity contribution in [3.8, 4) is 11.4 Å². The third-order valence-corrected chi connectivity index (χ3v) is 3.34. The largest absolute Gasteiger partial charge is 0.302 e.